The standard InChI is InChI=1S/C10H13BrClN/c1-7(2)10(11)5-9-4-3-8(12)6-13-9/h3-4,6-7,10H,5H2,1-2H3. The summed E-state index contributed by atoms with van der Waals surface area (Å²) in [5, 5.41) is 0.694. The molecule has 0 N–H and O–H groups in total. The molecule has 0 saturated heterocycles. The van der Waals surface area contributed by atoms with Crippen LogP contribution in [0.1, 0.15) is 19.5 Å². The summed E-state index contributed by atoms with van der Waals surface area (Å²) < 4.78 is 0. The summed E-state index contributed by atoms with van der Waals surface area (Å²) in [6, 6.07) is 3.85. The maximum Gasteiger partial charge on any atom is 0.0589 e. The summed E-state index contributed by atoms with van der Waals surface area (Å²) in [7, 11) is 0. The maximum absolute atomic E-state index is 5.74. The average Bonchev–Trinajstić information content (AvgIpc) is 2.08. The van der Waals surface area contributed by atoms with E-state index in [9.17, 15) is 0 Å². The van der Waals surface area contributed by atoms with E-state index in [2.05, 4.69) is 34.8 Å². The molecule has 13 heavy (non-hydrogen) atoms. The SMILES string of the molecule is CC(C)C(Br)Cc1ccc(Cl)cn1. The van der Waals surface area contributed by atoms with Crippen molar-refractivity contribution in [3.8, 4) is 0 Å². The van der Waals surface area contributed by atoms with Crippen molar-refractivity contribution in [2.75, 3.05) is 0 Å². The van der Waals surface area contributed by atoms with Gasteiger partial charge >= 0.3 is 0 Å². The van der Waals surface area contributed by atoms with Crippen LogP contribution in [0.25, 0.3) is 0 Å². The van der Waals surface area contributed by atoms with E-state index in [0.717, 1.165) is 12.1 Å². The molecule has 0 aliphatic heterocycles. The Kier molecular flexibility index (Phi) is 4.20. The Bertz CT molecular complexity index is 258. The Morgan fingerprint density at radius 3 is 2.62 bits per heavy atom. The molecule has 0 fully saturated rings. The van der Waals surface area contributed by atoms with Gasteiger partial charge in [-0.05, 0) is 18.1 Å². The van der Waals surface area contributed by atoms with Gasteiger partial charge in [-0.25, -0.2) is 0 Å². The lowest BCUT2D eigenvalue weighted by molar-refractivity contribution is 0.607. The molecule has 1 nitrogen and oxygen atoms in total. The molecule has 0 bridgehead atoms. The van der Waals surface area contributed by atoms with Crippen molar-refractivity contribution in [3.05, 3.63) is 29.0 Å². The lowest BCUT2D eigenvalue weighted by Crippen LogP contribution is -2.11. The number of hydrogen-bond acceptors (Lipinski definition) is 1. The molecule has 3 heteroatoms. The Morgan fingerprint density at radius 2 is 2.15 bits per heavy atom. The monoisotopic (exact) mass is 261 g/mol. The molecule has 1 atom stereocenters. The predicted molar refractivity (Wildman–Crippen MR) is 60.5 cm³/mol. The predicted octanol–water partition coefficient (Wildman–Crippen LogP) is 3.70. The van der Waals surface area contributed by atoms with Gasteiger partial charge in [0.05, 0.1) is 5.02 Å². The number of nitrogens with zero attached hydrogens (tertiary/aromatic N) is 1. The lowest BCUT2D eigenvalue weighted by Gasteiger charge is -2.12. The van der Waals surface area contributed by atoms with Crippen molar-refractivity contribution < 1.29 is 0 Å². The number of alkyl halides is 1. The largest absolute Gasteiger partial charge is 0.260 e. The van der Waals surface area contributed by atoms with Crippen LogP contribution < -0.4 is 0 Å². The van der Waals surface area contributed by atoms with Gasteiger partial charge in [-0.1, -0.05) is 41.4 Å². The minimum atomic E-state index is 0.487. The summed E-state index contributed by atoms with van der Waals surface area (Å²) in [6.45, 7) is 4.38. The third-order valence-electron chi connectivity index (χ3n) is 1.92. The van der Waals surface area contributed by atoms with Crippen molar-refractivity contribution in [2.45, 2.75) is 25.1 Å². The van der Waals surface area contributed by atoms with Gasteiger partial charge in [-0.15, -0.1) is 0 Å². The highest BCUT2D eigenvalue weighted by Crippen LogP contribution is 2.17. The number of halogens is 2. The van der Waals surface area contributed by atoms with E-state index in [-0.39, 0.29) is 0 Å². The van der Waals surface area contributed by atoms with E-state index in [1.807, 2.05) is 12.1 Å². The molecule has 0 aliphatic rings. The highest BCUT2D eigenvalue weighted by molar-refractivity contribution is 9.09. The molecule has 1 aromatic rings. The third-order valence-corrected chi connectivity index (χ3v) is 3.52. The zero-order chi connectivity index (χ0) is 9.84. The first-order valence-electron chi connectivity index (χ1n) is 4.34. The van der Waals surface area contributed by atoms with Gasteiger partial charge in [0.25, 0.3) is 0 Å². The molecular formula is C10H13BrClN. The van der Waals surface area contributed by atoms with Crippen LogP contribution >= 0.6 is 27.5 Å². The van der Waals surface area contributed by atoms with Crippen LogP contribution in [0.2, 0.25) is 5.02 Å². The van der Waals surface area contributed by atoms with Crippen molar-refractivity contribution in [1.29, 1.82) is 0 Å². The van der Waals surface area contributed by atoms with Crippen molar-refractivity contribution in [3.63, 3.8) is 0 Å². The number of hydrogen-bond donors (Lipinski definition) is 0. The molecule has 1 unspecified atom stereocenters. The molecule has 0 amide bonds. The molecule has 0 aliphatic carbocycles. The van der Waals surface area contributed by atoms with Crippen LogP contribution in [0.5, 0.6) is 0 Å². The van der Waals surface area contributed by atoms with E-state index >= 15 is 0 Å². The second-order valence-electron chi connectivity index (χ2n) is 3.43. The highest BCUT2D eigenvalue weighted by Gasteiger charge is 2.10. The normalized spacial score (nSPS) is 13.3. The molecule has 0 spiro atoms. The lowest BCUT2D eigenvalue weighted by atomic mass is 10.1. The van der Waals surface area contributed by atoms with E-state index in [0.29, 0.717) is 15.8 Å². The zero-order valence-electron chi connectivity index (χ0n) is 7.80. The quantitative estimate of drug-likeness (QED) is 0.757. The molecule has 0 radical (unpaired) electrons. The van der Waals surface area contributed by atoms with Crippen molar-refractivity contribution in [2.24, 2.45) is 5.92 Å². The summed E-state index contributed by atoms with van der Waals surface area (Å²) in [5.74, 6) is 0.623. The van der Waals surface area contributed by atoms with Crippen LogP contribution in [0.4, 0.5) is 0 Å². The van der Waals surface area contributed by atoms with E-state index < -0.39 is 0 Å². The van der Waals surface area contributed by atoms with E-state index in [1.165, 1.54) is 0 Å². The Hall–Kier alpha value is -0.0800. The maximum atomic E-state index is 5.74. The summed E-state index contributed by atoms with van der Waals surface area (Å²) in [4.78, 5) is 4.73. The minimum Gasteiger partial charge on any atom is -0.260 e. The Labute approximate surface area is 92.6 Å². The van der Waals surface area contributed by atoms with Crippen molar-refractivity contribution in [1.82, 2.24) is 4.98 Å². The van der Waals surface area contributed by atoms with Gasteiger partial charge in [-0.3, -0.25) is 4.98 Å². The van der Waals surface area contributed by atoms with Gasteiger partial charge in [0.1, 0.15) is 0 Å². The van der Waals surface area contributed by atoms with Crippen LogP contribution in [0.3, 0.4) is 0 Å². The van der Waals surface area contributed by atoms with E-state index in [4.69, 9.17) is 11.6 Å². The number of aromatic nitrogens is 1. The first-order chi connectivity index (χ1) is 6.09. The third kappa shape index (κ3) is 3.65. The number of pyridine rings is 1. The van der Waals surface area contributed by atoms with Gasteiger partial charge in [0, 0.05) is 23.1 Å². The molecule has 0 aromatic carbocycles. The molecule has 1 aromatic heterocycles. The molecule has 1 rings (SSSR count). The fourth-order valence-corrected chi connectivity index (χ4v) is 1.41. The van der Waals surface area contributed by atoms with Gasteiger partial charge < -0.3 is 0 Å². The average molecular weight is 263 g/mol. The van der Waals surface area contributed by atoms with Crippen LogP contribution in [-0.2, 0) is 6.42 Å². The Morgan fingerprint density at radius 1 is 1.46 bits per heavy atom. The van der Waals surface area contributed by atoms with Crippen LogP contribution in [0, 0.1) is 5.92 Å². The van der Waals surface area contributed by atoms with Crippen LogP contribution in [0.15, 0.2) is 18.3 Å². The van der Waals surface area contributed by atoms with Crippen molar-refractivity contribution >= 4 is 27.5 Å². The summed E-state index contributed by atoms with van der Waals surface area (Å²) in [5.41, 5.74) is 1.08. The molecular weight excluding hydrogens is 249 g/mol. The van der Waals surface area contributed by atoms with Gasteiger partial charge in [0.15, 0.2) is 0 Å². The molecule has 1 heterocycles. The van der Waals surface area contributed by atoms with Gasteiger partial charge in [-0.2, -0.15) is 0 Å². The summed E-state index contributed by atoms with van der Waals surface area (Å²) in [6.07, 6.45) is 2.64. The first kappa shape index (κ1) is 11.0. The first-order valence-corrected chi connectivity index (χ1v) is 5.63. The second kappa shape index (κ2) is 4.97. The Balaban J connectivity index is 2.59. The van der Waals surface area contributed by atoms with Gasteiger partial charge in [0.2, 0.25) is 0 Å². The minimum absolute atomic E-state index is 0.487. The van der Waals surface area contributed by atoms with Crippen LogP contribution in [-0.4, -0.2) is 9.81 Å². The molecule has 72 valence electrons. The second-order valence-corrected chi connectivity index (χ2v) is 5.04. The summed E-state index contributed by atoms with van der Waals surface area (Å²) >= 11 is 9.36. The van der Waals surface area contributed by atoms with E-state index in [1.54, 1.807) is 6.20 Å². The fraction of sp³-hybridized carbons (Fsp3) is 0.500. The highest BCUT2D eigenvalue weighted by atomic mass is 79.9. The zero-order valence-corrected chi connectivity index (χ0v) is 10.1. The fourth-order valence-electron chi connectivity index (χ4n) is 0.963. The topological polar surface area (TPSA) is 12.9 Å². The smallest absolute Gasteiger partial charge is 0.0589 e. The molecule has 0 saturated carbocycles. The number of rotatable bonds is 3.